The molecule has 0 radical (unpaired) electrons. The average Bonchev–Trinajstić information content (AvgIpc) is 3.29. The topological polar surface area (TPSA) is 31.4 Å². The molecular formula is C16H25ClN4. The van der Waals surface area contributed by atoms with E-state index in [1.807, 2.05) is 6.20 Å². The number of halogens is 1. The van der Waals surface area contributed by atoms with Crippen LogP contribution in [0.5, 0.6) is 0 Å². The summed E-state index contributed by atoms with van der Waals surface area (Å²) < 4.78 is 0. The van der Waals surface area contributed by atoms with Gasteiger partial charge in [0.15, 0.2) is 0 Å². The van der Waals surface area contributed by atoms with Gasteiger partial charge in [-0.3, -0.25) is 4.90 Å². The Labute approximate surface area is 132 Å². The molecule has 4 nitrogen and oxygen atoms in total. The van der Waals surface area contributed by atoms with Crippen molar-refractivity contribution in [2.75, 3.05) is 31.1 Å². The molecule has 0 amide bonds. The van der Waals surface area contributed by atoms with E-state index in [-0.39, 0.29) is 0 Å². The molecule has 0 aromatic carbocycles. The fraction of sp³-hybridized carbons (Fsp3) is 0.688. The molecule has 1 saturated carbocycles. The Hall–Kier alpha value is -0.840. The monoisotopic (exact) mass is 308 g/mol. The van der Waals surface area contributed by atoms with Gasteiger partial charge in [0.2, 0.25) is 0 Å². The van der Waals surface area contributed by atoms with E-state index in [4.69, 9.17) is 11.6 Å². The van der Waals surface area contributed by atoms with E-state index < -0.39 is 0 Å². The van der Waals surface area contributed by atoms with Gasteiger partial charge in [0.1, 0.15) is 5.82 Å². The van der Waals surface area contributed by atoms with Gasteiger partial charge in [-0.1, -0.05) is 11.6 Å². The van der Waals surface area contributed by atoms with E-state index in [0.717, 1.165) is 43.6 Å². The molecule has 1 aliphatic carbocycles. The third-order valence-electron chi connectivity index (χ3n) is 4.39. The van der Waals surface area contributed by atoms with Crippen LogP contribution in [0.4, 0.5) is 5.82 Å². The maximum absolute atomic E-state index is 6.45. The van der Waals surface area contributed by atoms with Crippen molar-refractivity contribution < 1.29 is 0 Å². The molecule has 116 valence electrons. The molecule has 3 rings (SSSR count). The van der Waals surface area contributed by atoms with Gasteiger partial charge in [-0.25, -0.2) is 4.98 Å². The molecule has 1 N–H and O–H groups in total. The van der Waals surface area contributed by atoms with Crippen LogP contribution in [-0.4, -0.2) is 48.1 Å². The van der Waals surface area contributed by atoms with Crippen molar-refractivity contribution in [3.8, 4) is 0 Å². The second-order valence-corrected chi connectivity index (χ2v) is 6.83. The highest BCUT2D eigenvalue weighted by atomic mass is 35.5. The highest BCUT2D eigenvalue weighted by Crippen LogP contribution is 2.26. The summed E-state index contributed by atoms with van der Waals surface area (Å²) in [6.07, 6.45) is 4.57. The number of nitrogens with zero attached hydrogens (tertiary/aromatic N) is 3. The van der Waals surface area contributed by atoms with Crippen LogP contribution in [0.15, 0.2) is 12.3 Å². The number of nitrogens with one attached hydrogen (secondary N) is 1. The van der Waals surface area contributed by atoms with Crippen LogP contribution in [0.1, 0.15) is 32.3 Å². The Kier molecular flexibility index (Phi) is 4.67. The second-order valence-electron chi connectivity index (χ2n) is 6.42. The molecule has 2 heterocycles. The maximum Gasteiger partial charge on any atom is 0.147 e. The predicted molar refractivity (Wildman–Crippen MR) is 88.0 cm³/mol. The van der Waals surface area contributed by atoms with E-state index in [9.17, 15) is 0 Å². The number of aromatic nitrogens is 1. The van der Waals surface area contributed by atoms with E-state index in [1.54, 1.807) is 0 Å². The molecule has 0 bridgehead atoms. The van der Waals surface area contributed by atoms with Crippen molar-refractivity contribution in [1.82, 2.24) is 15.2 Å². The third-order valence-corrected chi connectivity index (χ3v) is 4.67. The minimum Gasteiger partial charge on any atom is -0.353 e. The lowest BCUT2D eigenvalue weighted by atomic mass is 10.2. The first-order valence-corrected chi connectivity index (χ1v) is 8.38. The highest BCUT2D eigenvalue weighted by Gasteiger charge is 2.22. The van der Waals surface area contributed by atoms with Crippen LogP contribution in [-0.2, 0) is 6.54 Å². The van der Waals surface area contributed by atoms with Crippen LogP contribution in [0.3, 0.4) is 0 Å². The van der Waals surface area contributed by atoms with Crippen molar-refractivity contribution in [2.24, 2.45) is 0 Å². The summed E-state index contributed by atoms with van der Waals surface area (Å²) in [6.45, 7) is 9.56. The SMILES string of the molecule is CC(C)N1CCN(c2ncc(CNC3CC3)cc2Cl)CC1. The quantitative estimate of drug-likeness (QED) is 0.906. The fourth-order valence-corrected chi connectivity index (χ4v) is 3.11. The maximum atomic E-state index is 6.45. The van der Waals surface area contributed by atoms with Gasteiger partial charge in [-0.05, 0) is 38.3 Å². The summed E-state index contributed by atoms with van der Waals surface area (Å²) >= 11 is 6.45. The number of anilines is 1. The Morgan fingerprint density at radius 3 is 2.57 bits per heavy atom. The Balaban J connectivity index is 1.60. The van der Waals surface area contributed by atoms with Crippen LogP contribution in [0, 0.1) is 0 Å². The molecule has 21 heavy (non-hydrogen) atoms. The first kappa shape index (κ1) is 15.1. The molecule has 0 unspecified atom stereocenters. The van der Waals surface area contributed by atoms with Crippen molar-refractivity contribution in [1.29, 1.82) is 0 Å². The molecule has 0 spiro atoms. The Bertz CT molecular complexity index is 479. The summed E-state index contributed by atoms with van der Waals surface area (Å²) in [5.41, 5.74) is 1.18. The summed E-state index contributed by atoms with van der Waals surface area (Å²) in [6, 6.07) is 3.40. The molecule has 1 aromatic heterocycles. The van der Waals surface area contributed by atoms with Crippen LogP contribution in [0.25, 0.3) is 0 Å². The molecule has 1 aromatic rings. The van der Waals surface area contributed by atoms with Crippen LogP contribution < -0.4 is 10.2 Å². The molecule has 2 aliphatic rings. The van der Waals surface area contributed by atoms with Crippen molar-refractivity contribution in [3.05, 3.63) is 22.8 Å². The zero-order valence-corrected chi connectivity index (χ0v) is 13.7. The lowest BCUT2D eigenvalue weighted by Gasteiger charge is -2.37. The minimum absolute atomic E-state index is 0.617. The fourth-order valence-electron chi connectivity index (χ4n) is 2.80. The largest absolute Gasteiger partial charge is 0.353 e. The van der Waals surface area contributed by atoms with Gasteiger partial charge in [-0.2, -0.15) is 0 Å². The predicted octanol–water partition coefficient (Wildman–Crippen LogP) is 2.52. The van der Waals surface area contributed by atoms with Gasteiger partial charge < -0.3 is 10.2 Å². The summed E-state index contributed by atoms with van der Waals surface area (Å²) in [5, 5.41) is 4.28. The molecule has 1 aliphatic heterocycles. The van der Waals surface area contributed by atoms with E-state index >= 15 is 0 Å². The minimum atomic E-state index is 0.617. The number of pyridine rings is 1. The van der Waals surface area contributed by atoms with Gasteiger partial charge in [0.25, 0.3) is 0 Å². The number of hydrogen-bond acceptors (Lipinski definition) is 4. The Morgan fingerprint density at radius 2 is 2.00 bits per heavy atom. The van der Waals surface area contributed by atoms with Gasteiger partial charge in [0.05, 0.1) is 5.02 Å². The molecular weight excluding hydrogens is 284 g/mol. The first-order chi connectivity index (χ1) is 10.1. The summed E-state index contributed by atoms with van der Waals surface area (Å²) in [7, 11) is 0. The van der Waals surface area contributed by atoms with Gasteiger partial charge >= 0.3 is 0 Å². The standard InChI is InChI=1S/C16H25ClN4/c1-12(2)20-5-7-21(8-6-20)16-15(17)9-13(11-19-16)10-18-14-3-4-14/h9,11-12,14,18H,3-8,10H2,1-2H3. The number of hydrogen-bond donors (Lipinski definition) is 1. The van der Waals surface area contributed by atoms with Crippen molar-refractivity contribution in [2.45, 2.75) is 45.3 Å². The van der Waals surface area contributed by atoms with Crippen molar-refractivity contribution in [3.63, 3.8) is 0 Å². The summed E-state index contributed by atoms with van der Waals surface area (Å²) in [4.78, 5) is 9.41. The van der Waals surface area contributed by atoms with Crippen LogP contribution >= 0.6 is 11.6 Å². The normalized spacial score (nSPS) is 20.3. The van der Waals surface area contributed by atoms with Crippen LogP contribution in [0.2, 0.25) is 5.02 Å². The zero-order valence-electron chi connectivity index (χ0n) is 13.0. The highest BCUT2D eigenvalue weighted by molar-refractivity contribution is 6.33. The molecule has 2 fully saturated rings. The van der Waals surface area contributed by atoms with E-state index in [1.165, 1.54) is 18.4 Å². The van der Waals surface area contributed by atoms with Gasteiger partial charge in [-0.15, -0.1) is 0 Å². The van der Waals surface area contributed by atoms with Gasteiger partial charge in [0, 0.05) is 51.0 Å². The third kappa shape index (κ3) is 3.87. The lowest BCUT2D eigenvalue weighted by molar-refractivity contribution is 0.209. The molecule has 5 heteroatoms. The summed E-state index contributed by atoms with van der Waals surface area (Å²) in [5.74, 6) is 0.940. The molecule has 1 saturated heterocycles. The molecule has 0 atom stereocenters. The van der Waals surface area contributed by atoms with E-state index in [2.05, 4.69) is 40.0 Å². The Morgan fingerprint density at radius 1 is 1.29 bits per heavy atom. The first-order valence-electron chi connectivity index (χ1n) is 8.00. The smallest absolute Gasteiger partial charge is 0.147 e. The zero-order chi connectivity index (χ0) is 14.8. The second kappa shape index (κ2) is 6.51. The number of rotatable bonds is 5. The van der Waals surface area contributed by atoms with E-state index in [0.29, 0.717) is 12.1 Å². The van der Waals surface area contributed by atoms with Crippen molar-refractivity contribution >= 4 is 17.4 Å². The number of piperazine rings is 1. The average molecular weight is 309 g/mol. The lowest BCUT2D eigenvalue weighted by Crippen LogP contribution is -2.49.